The van der Waals surface area contributed by atoms with Crippen LogP contribution in [0.3, 0.4) is 0 Å². The molecule has 0 spiro atoms. The second-order valence-electron chi connectivity index (χ2n) is 7.06. The van der Waals surface area contributed by atoms with Gasteiger partial charge in [-0.2, -0.15) is 0 Å². The average Bonchev–Trinajstić information content (AvgIpc) is 3.12. The van der Waals surface area contributed by atoms with E-state index in [4.69, 9.17) is 9.47 Å². The minimum atomic E-state index is -0.449. The van der Waals surface area contributed by atoms with Crippen molar-refractivity contribution in [2.24, 2.45) is 0 Å². The number of nitrogens with zero attached hydrogens (tertiary/aromatic N) is 2. The molecular weight excluding hydrogens is 356 g/mol. The molecule has 0 radical (unpaired) electrons. The van der Waals surface area contributed by atoms with Crippen molar-refractivity contribution in [2.75, 3.05) is 33.4 Å². The minimum Gasteiger partial charge on any atom is -0.467 e. The molecule has 0 N–H and O–H groups in total. The van der Waals surface area contributed by atoms with Gasteiger partial charge in [-0.15, -0.1) is 0 Å². The average molecular weight is 384 g/mol. The maximum absolute atomic E-state index is 12.8. The third kappa shape index (κ3) is 4.28. The molecule has 0 fully saturated rings. The lowest BCUT2D eigenvalue weighted by atomic mass is 9.91. The first-order chi connectivity index (χ1) is 13.5. The highest BCUT2D eigenvalue weighted by Gasteiger charge is 2.31. The fourth-order valence-corrected chi connectivity index (χ4v) is 3.95. The Hall–Kier alpha value is -2.60. The summed E-state index contributed by atoms with van der Waals surface area (Å²) < 4.78 is 12.3. The highest BCUT2D eigenvalue weighted by molar-refractivity contribution is 5.85. The van der Waals surface area contributed by atoms with Gasteiger partial charge in [-0.05, 0) is 35.9 Å². The van der Waals surface area contributed by atoms with Crippen LogP contribution in [0.2, 0.25) is 0 Å². The smallest absolute Gasteiger partial charge is 0.333 e. The summed E-state index contributed by atoms with van der Waals surface area (Å²) in [6.45, 7) is 6.24. The molecule has 0 aliphatic carbocycles. The first-order valence-electron chi connectivity index (χ1n) is 9.75. The summed E-state index contributed by atoms with van der Waals surface area (Å²) in [4.78, 5) is 26.1. The molecule has 2 heterocycles. The van der Waals surface area contributed by atoms with Gasteiger partial charge >= 0.3 is 11.9 Å². The second kappa shape index (κ2) is 9.06. The van der Waals surface area contributed by atoms with Crippen molar-refractivity contribution in [3.8, 4) is 0 Å². The Kier molecular flexibility index (Phi) is 6.52. The van der Waals surface area contributed by atoms with Gasteiger partial charge in [0, 0.05) is 38.3 Å². The zero-order valence-corrected chi connectivity index (χ0v) is 16.8. The van der Waals surface area contributed by atoms with Gasteiger partial charge < -0.3 is 14.0 Å². The molecule has 0 amide bonds. The van der Waals surface area contributed by atoms with E-state index in [0.29, 0.717) is 13.2 Å². The van der Waals surface area contributed by atoms with Crippen LogP contribution in [0.1, 0.15) is 32.7 Å². The van der Waals surface area contributed by atoms with Gasteiger partial charge in [0.15, 0.2) is 6.04 Å². The van der Waals surface area contributed by atoms with Gasteiger partial charge in [0.1, 0.15) is 6.61 Å². The molecule has 6 nitrogen and oxygen atoms in total. The van der Waals surface area contributed by atoms with E-state index in [1.807, 2.05) is 41.1 Å². The van der Waals surface area contributed by atoms with E-state index >= 15 is 0 Å². The third-order valence-electron chi connectivity index (χ3n) is 5.37. The molecular formula is C22H28N2O4. The van der Waals surface area contributed by atoms with Crippen LogP contribution in [-0.4, -0.2) is 54.8 Å². The predicted octanol–water partition coefficient (Wildman–Crippen LogP) is 3.33. The van der Waals surface area contributed by atoms with Crippen molar-refractivity contribution >= 4 is 22.8 Å². The van der Waals surface area contributed by atoms with Crippen LogP contribution in [0.25, 0.3) is 10.9 Å². The van der Waals surface area contributed by atoms with Crippen molar-refractivity contribution in [1.82, 2.24) is 9.47 Å². The fraction of sp³-hybridized carbons (Fsp3) is 0.455. The molecule has 1 aliphatic heterocycles. The van der Waals surface area contributed by atoms with Crippen molar-refractivity contribution in [3.63, 3.8) is 0 Å². The Balaban J connectivity index is 1.90. The number of hydrogen-bond acceptors (Lipinski definition) is 5. The largest absolute Gasteiger partial charge is 0.467 e. The quantitative estimate of drug-likeness (QED) is 0.541. The molecule has 28 heavy (non-hydrogen) atoms. The molecule has 1 aromatic heterocycles. The van der Waals surface area contributed by atoms with E-state index in [1.165, 1.54) is 19.6 Å². The Morgan fingerprint density at radius 2 is 2.00 bits per heavy atom. The Bertz CT molecular complexity index is 884. The second-order valence-corrected chi connectivity index (χ2v) is 7.06. The molecule has 1 unspecified atom stereocenters. The van der Waals surface area contributed by atoms with E-state index in [1.54, 1.807) is 0 Å². The van der Waals surface area contributed by atoms with Crippen LogP contribution in [-0.2, 0) is 19.1 Å². The zero-order chi connectivity index (χ0) is 20.1. The number of ether oxygens (including phenoxy) is 2. The maximum Gasteiger partial charge on any atom is 0.333 e. The van der Waals surface area contributed by atoms with Crippen LogP contribution in [0.15, 0.2) is 47.7 Å². The zero-order valence-electron chi connectivity index (χ0n) is 16.8. The lowest BCUT2D eigenvalue weighted by Gasteiger charge is -2.33. The van der Waals surface area contributed by atoms with Gasteiger partial charge in [-0.3, -0.25) is 9.69 Å². The van der Waals surface area contributed by atoms with E-state index in [0.717, 1.165) is 42.4 Å². The topological polar surface area (TPSA) is 60.8 Å². The number of aromatic nitrogens is 1. The molecule has 0 saturated carbocycles. The summed E-state index contributed by atoms with van der Waals surface area (Å²) in [5.41, 5.74) is 3.42. The number of benzene rings is 1. The standard InChI is InChI=1S/C22H28N2O4/c1-4-17-15-23(13-14-28-16(2)25)11-10-19(17)21(22(26)27-3)24-12-9-18-7-5-6-8-20(18)24/h5-9,12,21H,4,10-11,13-15H2,1-3H3. The number of fused-ring (bicyclic) bond motifs is 1. The van der Waals surface area contributed by atoms with Crippen molar-refractivity contribution in [2.45, 2.75) is 32.7 Å². The highest BCUT2D eigenvalue weighted by Crippen LogP contribution is 2.33. The summed E-state index contributed by atoms with van der Waals surface area (Å²) in [5.74, 6) is -0.495. The Morgan fingerprint density at radius 3 is 2.71 bits per heavy atom. The fourth-order valence-electron chi connectivity index (χ4n) is 3.95. The monoisotopic (exact) mass is 384 g/mol. The molecule has 150 valence electrons. The number of carbonyl (C=O) groups excluding carboxylic acids is 2. The molecule has 0 saturated heterocycles. The number of rotatable bonds is 7. The van der Waals surface area contributed by atoms with Crippen molar-refractivity contribution < 1.29 is 19.1 Å². The summed E-state index contributed by atoms with van der Waals surface area (Å²) in [7, 11) is 1.45. The number of esters is 2. The third-order valence-corrected chi connectivity index (χ3v) is 5.37. The first kappa shape index (κ1) is 20.1. The molecule has 1 aliphatic rings. The molecule has 0 bridgehead atoms. The van der Waals surface area contributed by atoms with Crippen LogP contribution in [0.4, 0.5) is 0 Å². The molecule has 3 rings (SSSR count). The number of carbonyl (C=O) groups is 2. The number of methoxy groups -OCH3 is 1. The van der Waals surface area contributed by atoms with Gasteiger partial charge in [-0.25, -0.2) is 4.79 Å². The molecule has 2 aromatic rings. The lowest BCUT2D eigenvalue weighted by molar-refractivity contribution is -0.144. The van der Waals surface area contributed by atoms with Crippen molar-refractivity contribution in [1.29, 1.82) is 0 Å². The van der Waals surface area contributed by atoms with Crippen molar-refractivity contribution in [3.05, 3.63) is 47.7 Å². The molecule has 1 aromatic carbocycles. The summed E-state index contributed by atoms with van der Waals surface area (Å²) in [6.07, 6.45) is 3.63. The lowest BCUT2D eigenvalue weighted by Crippen LogP contribution is -2.37. The van der Waals surface area contributed by atoms with Crippen LogP contribution in [0.5, 0.6) is 0 Å². The molecule has 1 atom stereocenters. The summed E-state index contributed by atoms with van der Waals surface area (Å²) in [5, 5.41) is 1.11. The Morgan fingerprint density at radius 1 is 1.21 bits per heavy atom. The normalized spacial score (nSPS) is 16.2. The highest BCUT2D eigenvalue weighted by atomic mass is 16.5. The maximum atomic E-state index is 12.8. The summed E-state index contributed by atoms with van der Waals surface area (Å²) >= 11 is 0. The van der Waals surface area contributed by atoms with E-state index < -0.39 is 6.04 Å². The van der Waals surface area contributed by atoms with Gasteiger partial charge in [-0.1, -0.05) is 30.7 Å². The van der Waals surface area contributed by atoms with Gasteiger partial charge in [0.25, 0.3) is 0 Å². The first-order valence-corrected chi connectivity index (χ1v) is 9.75. The predicted molar refractivity (Wildman–Crippen MR) is 108 cm³/mol. The van der Waals surface area contributed by atoms with E-state index in [9.17, 15) is 9.59 Å². The Labute approximate surface area is 165 Å². The van der Waals surface area contributed by atoms with Crippen LogP contribution >= 0.6 is 0 Å². The van der Waals surface area contributed by atoms with Gasteiger partial charge in [0.2, 0.25) is 0 Å². The van der Waals surface area contributed by atoms with E-state index in [-0.39, 0.29) is 11.9 Å². The van der Waals surface area contributed by atoms with Crippen LogP contribution in [0, 0.1) is 0 Å². The van der Waals surface area contributed by atoms with Crippen LogP contribution < -0.4 is 0 Å². The van der Waals surface area contributed by atoms with E-state index in [2.05, 4.69) is 11.8 Å². The minimum absolute atomic E-state index is 0.240. The SMILES string of the molecule is CCC1=C(C(C(=O)OC)n2ccc3ccccc32)CCN(CCOC(C)=O)C1. The number of hydrogen-bond donors (Lipinski definition) is 0. The molecule has 6 heteroatoms. The number of para-hydroxylation sites is 1. The van der Waals surface area contributed by atoms with Gasteiger partial charge in [0.05, 0.1) is 7.11 Å². The summed E-state index contributed by atoms with van der Waals surface area (Å²) in [6, 6.07) is 9.65.